The third-order valence-electron chi connectivity index (χ3n) is 2.46. The van der Waals surface area contributed by atoms with E-state index in [1.54, 1.807) is 0 Å². The molecular weight excluding hydrogens is 224 g/mol. The highest BCUT2D eigenvalue weighted by Gasteiger charge is 2.30. The summed E-state index contributed by atoms with van der Waals surface area (Å²) in [5, 5.41) is 19.6. The van der Waals surface area contributed by atoms with E-state index < -0.39 is 11.6 Å². The molecular formula is C12H12O3S. The van der Waals surface area contributed by atoms with Gasteiger partial charge >= 0.3 is 5.97 Å². The first kappa shape index (κ1) is 11.1. The maximum Gasteiger partial charge on any atom is 0.335 e. The third kappa shape index (κ3) is 2.08. The lowest BCUT2D eigenvalue weighted by atomic mass is 10.0. The van der Waals surface area contributed by atoms with Crippen LogP contribution in [0.2, 0.25) is 0 Å². The van der Waals surface area contributed by atoms with Crippen LogP contribution in [0.4, 0.5) is 0 Å². The Morgan fingerprint density at radius 3 is 2.75 bits per heavy atom. The van der Waals surface area contributed by atoms with Crippen molar-refractivity contribution in [2.45, 2.75) is 18.9 Å². The Balaban J connectivity index is 2.32. The van der Waals surface area contributed by atoms with E-state index in [2.05, 4.69) is 0 Å². The quantitative estimate of drug-likeness (QED) is 0.859. The minimum Gasteiger partial charge on any atom is -0.479 e. The van der Waals surface area contributed by atoms with Crippen LogP contribution in [0.15, 0.2) is 30.3 Å². The van der Waals surface area contributed by atoms with Crippen LogP contribution in [-0.2, 0) is 11.2 Å². The summed E-state index contributed by atoms with van der Waals surface area (Å²) in [6, 6.07) is 9.77. The summed E-state index contributed by atoms with van der Waals surface area (Å²) in [6.07, 6.45) is 0.141. The number of hydrogen-bond acceptors (Lipinski definition) is 3. The van der Waals surface area contributed by atoms with Gasteiger partial charge in [-0.3, -0.25) is 0 Å². The summed E-state index contributed by atoms with van der Waals surface area (Å²) in [7, 11) is 0. The fraction of sp³-hybridized carbons (Fsp3) is 0.250. The Hall–Kier alpha value is -1.39. The van der Waals surface area contributed by atoms with Crippen molar-refractivity contribution < 1.29 is 15.0 Å². The molecule has 0 radical (unpaired) electrons. The van der Waals surface area contributed by atoms with Crippen molar-refractivity contribution in [3.05, 3.63) is 35.2 Å². The molecule has 1 aromatic heterocycles. The molecule has 0 aliphatic carbocycles. The molecule has 1 unspecified atom stereocenters. The Labute approximate surface area is 97.0 Å². The van der Waals surface area contributed by atoms with Gasteiger partial charge in [0.1, 0.15) is 0 Å². The number of rotatable bonds is 3. The van der Waals surface area contributed by atoms with Gasteiger partial charge in [-0.05, 0) is 24.4 Å². The van der Waals surface area contributed by atoms with Crippen LogP contribution in [0.5, 0.6) is 0 Å². The summed E-state index contributed by atoms with van der Waals surface area (Å²) in [5.74, 6) is -1.19. The average Bonchev–Trinajstić information content (AvgIpc) is 2.58. The second kappa shape index (κ2) is 3.88. The molecule has 84 valence electrons. The molecule has 0 spiro atoms. The lowest BCUT2D eigenvalue weighted by Gasteiger charge is -2.16. The van der Waals surface area contributed by atoms with Gasteiger partial charge in [-0.1, -0.05) is 18.2 Å². The molecule has 2 N–H and O–H groups in total. The molecule has 0 amide bonds. The van der Waals surface area contributed by atoms with Gasteiger partial charge in [0.15, 0.2) is 5.60 Å². The van der Waals surface area contributed by atoms with Gasteiger partial charge in [0, 0.05) is 16.0 Å². The maximum absolute atomic E-state index is 10.8. The van der Waals surface area contributed by atoms with Gasteiger partial charge in [0.2, 0.25) is 0 Å². The molecule has 0 aliphatic heterocycles. The zero-order chi connectivity index (χ0) is 11.8. The van der Waals surface area contributed by atoms with E-state index in [1.165, 1.54) is 18.3 Å². The van der Waals surface area contributed by atoms with E-state index in [0.29, 0.717) is 0 Å². The predicted molar refractivity (Wildman–Crippen MR) is 63.8 cm³/mol. The summed E-state index contributed by atoms with van der Waals surface area (Å²) in [6.45, 7) is 1.32. The highest BCUT2D eigenvalue weighted by Crippen LogP contribution is 2.28. The van der Waals surface area contributed by atoms with Crippen molar-refractivity contribution in [1.29, 1.82) is 0 Å². The number of hydrogen-bond donors (Lipinski definition) is 2. The number of fused-ring (bicyclic) bond motifs is 1. The summed E-state index contributed by atoms with van der Waals surface area (Å²) >= 11 is 1.52. The van der Waals surface area contributed by atoms with Crippen LogP contribution in [0.25, 0.3) is 10.1 Å². The second-order valence-electron chi connectivity index (χ2n) is 4.01. The van der Waals surface area contributed by atoms with E-state index in [-0.39, 0.29) is 6.42 Å². The molecule has 16 heavy (non-hydrogen) atoms. The Morgan fingerprint density at radius 2 is 2.12 bits per heavy atom. The molecule has 2 rings (SSSR count). The number of benzene rings is 1. The number of carbonyl (C=O) groups is 1. The molecule has 0 saturated heterocycles. The van der Waals surface area contributed by atoms with Crippen molar-refractivity contribution in [3.8, 4) is 0 Å². The van der Waals surface area contributed by atoms with E-state index in [0.717, 1.165) is 15.0 Å². The van der Waals surface area contributed by atoms with Gasteiger partial charge in [-0.15, -0.1) is 11.3 Å². The maximum atomic E-state index is 10.8. The highest BCUT2D eigenvalue weighted by molar-refractivity contribution is 7.19. The van der Waals surface area contributed by atoms with Gasteiger partial charge in [-0.2, -0.15) is 0 Å². The lowest BCUT2D eigenvalue weighted by molar-refractivity contribution is -0.156. The van der Waals surface area contributed by atoms with Gasteiger partial charge < -0.3 is 10.2 Å². The van der Waals surface area contributed by atoms with Crippen molar-refractivity contribution >= 4 is 27.4 Å². The van der Waals surface area contributed by atoms with Crippen molar-refractivity contribution in [3.63, 3.8) is 0 Å². The fourth-order valence-corrected chi connectivity index (χ4v) is 2.75. The minimum atomic E-state index is -1.69. The molecule has 3 nitrogen and oxygen atoms in total. The molecule has 0 saturated carbocycles. The highest BCUT2D eigenvalue weighted by atomic mass is 32.1. The molecule has 4 heteroatoms. The van der Waals surface area contributed by atoms with Crippen molar-refractivity contribution in [2.75, 3.05) is 0 Å². The minimum absolute atomic E-state index is 0.141. The molecule has 2 aromatic rings. The Kier molecular flexibility index (Phi) is 2.69. The van der Waals surface area contributed by atoms with Crippen LogP contribution in [0.3, 0.4) is 0 Å². The van der Waals surface area contributed by atoms with Crippen LogP contribution >= 0.6 is 11.3 Å². The molecule has 0 aliphatic rings. The Morgan fingerprint density at radius 1 is 1.44 bits per heavy atom. The third-order valence-corrected chi connectivity index (χ3v) is 3.57. The van der Waals surface area contributed by atoms with Crippen LogP contribution in [0.1, 0.15) is 11.8 Å². The number of thiophene rings is 1. The van der Waals surface area contributed by atoms with Crippen molar-refractivity contribution in [1.82, 2.24) is 0 Å². The van der Waals surface area contributed by atoms with E-state index in [1.807, 2.05) is 30.3 Å². The smallest absolute Gasteiger partial charge is 0.335 e. The number of carboxylic acids is 1. The van der Waals surface area contributed by atoms with Crippen LogP contribution < -0.4 is 0 Å². The monoisotopic (exact) mass is 236 g/mol. The topological polar surface area (TPSA) is 57.5 Å². The van der Waals surface area contributed by atoms with E-state index in [4.69, 9.17) is 5.11 Å². The van der Waals surface area contributed by atoms with Gasteiger partial charge in [-0.25, -0.2) is 4.79 Å². The zero-order valence-corrected chi connectivity index (χ0v) is 9.62. The summed E-state index contributed by atoms with van der Waals surface area (Å²) in [5.41, 5.74) is -1.69. The predicted octanol–water partition coefficient (Wildman–Crippen LogP) is 2.28. The number of aliphatic carboxylic acids is 1. The molecule has 0 fully saturated rings. The second-order valence-corrected chi connectivity index (χ2v) is 5.17. The van der Waals surface area contributed by atoms with E-state index in [9.17, 15) is 9.90 Å². The summed E-state index contributed by atoms with van der Waals surface area (Å²) in [4.78, 5) is 11.7. The van der Waals surface area contributed by atoms with Gasteiger partial charge in [0.05, 0.1) is 0 Å². The molecule has 1 aromatic carbocycles. The summed E-state index contributed by atoms with van der Waals surface area (Å²) < 4.78 is 1.11. The van der Waals surface area contributed by atoms with Crippen molar-refractivity contribution in [2.24, 2.45) is 0 Å². The SMILES string of the molecule is CC(O)(Cc1cc2ccccc2s1)C(=O)O. The number of aliphatic hydroxyl groups is 1. The Bertz CT molecular complexity index is 495. The fourth-order valence-electron chi connectivity index (χ4n) is 1.54. The van der Waals surface area contributed by atoms with E-state index >= 15 is 0 Å². The number of carboxylic acid groups (broad SMARTS) is 1. The average molecular weight is 236 g/mol. The zero-order valence-electron chi connectivity index (χ0n) is 8.80. The first-order valence-electron chi connectivity index (χ1n) is 4.92. The molecule has 1 heterocycles. The van der Waals surface area contributed by atoms with Crippen LogP contribution in [0, 0.1) is 0 Å². The normalized spacial score (nSPS) is 14.9. The molecule has 0 bridgehead atoms. The largest absolute Gasteiger partial charge is 0.479 e. The lowest BCUT2D eigenvalue weighted by Crippen LogP contribution is -2.36. The standard InChI is InChI=1S/C12H12O3S/c1-12(15,11(13)14)7-9-6-8-4-2-3-5-10(8)16-9/h2-6,15H,7H2,1H3,(H,13,14). The molecule has 1 atom stereocenters. The first-order chi connectivity index (χ1) is 7.49. The van der Waals surface area contributed by atoms with Gasteiger partial charge in [0.25, 0.3) is 0 Å². The first-order valence-corrected chi connectivity index (χ1v) is 5.74. The van der Waals surface area contributed by atoms with Crippen LogP contribution in [-0.4, -0.2) is 21.8 Å².